The third kappa shape index (κ3) is 4.41. The van der Waals surface area contributed by atoms with E-state index in [4.69, 9.17) is 5.73 Å². The molecule has 0 aromatic rings. The summed E-state index contributed by atoms with van der Waals surface area (Å²) in [7, 11) is 3.78. The Bertz CT molecular complexity index is 383. The highest BCUT2D eigenvalue weighted by molar-refractivity contribution is 5.80. The third-order valence-corrected chi connectivity index (χ3v) is 4.54. The molecule has 0 bridgehead atoms. The Morgan fingerprint density at radius 1 is 1.00 bits per heavy atom. The van der Waals surface area contributed by atoms with Gasteiger partial charge in [0.25, 0.3) is 0 Å². The number of nitrogens with zero attached hydrogens (tertiary/aromatic N) is 3. The molecule has 0 aromatic heterocycles. The molecule has 2 fully saturated rings. The van der Waals surface area contributed by atoms with Crippen LogP contribution in [-0.4, -0.2) is 78.9 Å². The fourth-order valence-corrected chi connectivity index (χ4v) is 3.24. The van der Waals surface area contributed by atoms with Crippen molar-refractivity contribution in [3.05, 3.63) is 0 Å². The van der Waals surface area contributed by atoms with Gasteiger partial charge in [-0.25, -0.2) is 0 Å². The van der Waals surface area contributed by atoms with Gasteiger partial charge < -0.3 is 20.4 Å². The number of carbonyl (C=O) groups is 2. The summed E-state index contributed by atoms with van der Waals surface area (Å²) in [4.78, 5) is 29.9. The van der Waals surface area contributed by atoms with E-state index in [1.54, 1.807) is 0 Å². The number of hydrogen-bond donors (Lipinski definition) is 1. The highest BCUT2D eigenvalue weighted by Gasteiger charge is 2.34. The molecule has 1 aliphatic carbocycles. The van der Waals surface area contributed by atoms with Crippen LogP contribution in [-0.2, 0) is 9.59 Å². The molecular formula is C15H28N4O2. The zero-order valence-corrected chi connectivity index (χ0v) is 13.3. The molecule has 0 radical (unpaired) electrons. The van der Waals surface area contributed by atoms with Gasteiger partial charge in [0.15, 0.2) is 0 Å². The van der Waals surface area contributed by atoms with Crippen LogP contribution in [0.1, 0.15) is 32.1 Å². The van der Waals surface area contributed by atoms with E-state index in [2.05, 4.69) is 0 Å². The van der Waals surface area contributed by atoms with Gasteiger partial charge >= 0.3 is 0 Å². The fraction of sp³-hybridized carbons (Fsp3) is 0.867. The van der Waals surface area contributed by atoms with Crippen LogP contribution >= 0.6 is 0 Å². The lowest BCUT2D eigenvalue weighted by atomic mass is 9.94. The van der Waals surface area contributed by atoms with Crippen molar-refractivity contribution in [2.45, 2.75) is 37.6 Å². The maximum atomic E-state index is 12.3. The first-order valence-corrected chi connectivity index (χ1v) is 7.89. The quantitative estimate of drug-likeness (QED) is 0.785. The molecule has 6 heteroatoms. The Balaban J connectivity index is 1.78. The minimum Gasteiger partial charge on any atom is -0.339 e. The van der Waals surface area contributed by atoms with Crippen LogP contribution in [0.15, 0.2) is 0 Å². The summed E-state index contributed by atoms with van der Waals surface area (Å²) in [6.07, 6.45) is 4.64. The van der Waals surface area contributed by atoms with E-state index in [-0.39, 0.29) is 17.4 Å². The van der Waals surface area contributed by atoms with Crippen LogP contribution in [0.25, 0.3) is 0 Å². The predicted molar refractivity (Wildman–Crippen MR) is 81.7 cm³/mol. The van der Waals surface area contributed by atoms with E-state index in [0.717, 1.165) is 25.7 Å². The van der Waals surface area contributed by atoms with Crippen molar-refractivity contribution >= 4 is 11.8 Å². The summed E-state index contributed by atoms with van der Waals surface area (Å²) in [5, 5.41) is 0. The molecule has 2 rings (SSSR count). The average Bonchev–Trinajstić information content (AvgIpc) is 2.84. The summed E-state index contributed by atoms with van der Waals surface area (Å²) < 4.78 is 0. The van der Waals surface area contributed by atoms with Crippen molar-refractivity contribution in [3.8, 4) is 0 Å². The molecule has 2 N–H and O–H groups in total. The van der Waals surface area contributed by atoms with E-state index in [1.807, 2.05) is 28.8 Å². The highest BCUT2D eigenvalue weighted by Crippen LogP contribution is 2.30. The molecule has 1 saturated carbocycles. The minimum absolute atomic E-state index is 0.137. The van der Waals surface area contributed by atoms with Gasteiger partial charge in [-0.2, -0.15) is 0 Å². The monoisotopic (exact) mass is 296 g/mol. The normalized spacial score (nSPS) is 21.9. The Hall–Kier alpha value is -1.14. The molecule has 0 unspecified atom stereocenters. The molecule has 0 spiro atoms. The van der Waals surface area contributed by atoms with Gasteiger partial charge in [0.05, 0.1) is 6.54 Å². The van der Waals surface area contributed by atoms with Crippen LogP contribution in [0, 0.1) is 0 Å². The molecule has 1 saturated heterocycles. The largest absolute Gasteiger partial charge is 0.339 e. The number of likely N-dealkylation sites (N-methyl/N-ethyl adjacent to an activating group) is 1. The first-order chi connectivity index (χ1) is 9.89. The average molecular weight is 296 g/mol. The predicted octanol–water partition coefficient (Wildman–Crippen LogP) is -0.120. The van der Waals surface area contributed by atoms with Gasteiger partial charge in [-0.15, -0.1) is 0 Å². The van der Waals surface area contributed by atoms with Crippen molar-refractivity contribution in [1.82, 2.24) is 14.7 Å². The lowest BCUT2D eigenvalue weighted by molar-refractivity contribution is -0.140. The Kier molecular flexibility index (Phi) is 5.22. The van der Waals surface area contributed by atoms with Crippen molar-refractivity contribution in [1.29, 1.82) is 0 Å². The molecule has 6 nitrogen and oxygen atoms in total. The molecule has 120 valence electrons. The zero-order valence-electron chi connectivity index (χ0n) is 13.3. The maximum absolute atomic E-state index is 12.3. The summed E-state index contributed by atoms with van der Waals surface area (Å²) in [5.74, 6) is 0.289. The lowest BCUT2D eigenvalue weighted by Crippen LogP contribution is -2.53. The second-order valence-corrected chi connectivity index (χ2v) is 6.75. The first kappa shape index (κ1) is 16.2. The number of rotatable bonds is 4. The molecule has 0 aromatic carbocycles. The second-order valence-electron chi connectivity index (χ2n) is 6.75. The molecule has 1 heterocycles. The van der Waals surface area contributed by atoms with Crippen LogP contribution in [0.5, 0.6) is 0 Å². The molecular weight excluding hydrogens is 268 g/mol. The fourth-order valence-electron chi connectivity index (χ4n) is 3.24. The molecule has 2 aliphatic rings. The van der Waals surface area contributed by atoms with Gasteiger partial charge in [-0.3, -0.25) is 9.59 Å². The van der Waals surface area contributed by atoms with Gasteiger partial charge in [0.2, 0.25) is 11.8 Å². The summed E-state index contributed by atoms with van der Waals surface area (Å²) in [6, 6.07) is 0. The van der Waals surface area contributed by atoms with Crippen LogP contribution in [0.3, 0.4) is 0 Å². The number of piperazine rings is 1. The van der Waals surface area contributed by atoms with Crippen LogP contribution < -0.4 is 5.73 Å². The topological polar surface area (TPSA) is 69.9 Å². The smallest absolute Gasteiger partial charge is 0.236 e. The first-order valence-electron chi connectivity index (χ1n) is 7.89. The summed E-state index contributed by atoms with van der Waals surface area (Å²) in [5.41, 5.74) is 6.00. The van der Waals surface area contributed by atoms with Crippen molar-refractivity contribution in [3.63, 3.8) is 0 Å². The number of carbonyl (C=O) groups excluding carboxylic acids is 2. The second kappa shape index (κ2) is 6.75. The van der Waals surface area contributed by atoms with Crippen molar-refractivity contribution < 1.29 is 9.59 Å². The highest BCUT2D eigenvalue weighted by atomic mass is 16.2. The summed E-state index contributed by atoms with van der Waals surface area (Å²) in [6.45, 7) is 2.97. The maximum Gasteiger partial charge on any atom is 0.236 e. The van der Waals surface area contributed by atoms with Gasteiger partial charge in [-0.1, -0.05) is 12.8 Å². The van der Waals surface area contributed by atoms with E-state index >= 15 is 0 Å². The number of amides is 2. The molecule has 2 amide bonds. The zero-order chi connectivity index (χ0) is 15.5. The number of hydrogen-bond acceptors (Lipinski definition) is 4. The third-order valence-electron chi connectivity index (χ3n) is 4.54. The van der Waals surface area contributed by atoms with Gasteiger partial charge in [-0.05, 0) is 26.9 Å². The van der Waals surface area contributed by atoms with E-state index in [9.17, 15) is 9.59 Å². The Morgan fingerprint density at radius 3 is 1.95 bits per heavy atom. The molecule has 1 aliphatic heterocycles. The van der Waals surface area contributed by atoms with E-state index < -0.39 is 0 Å². The van der Waals surface area contributed by atoms with Crippen molar-refractivity contribution in [2.75, 3.05) is 46.8 Å². The Morgan fingerprint density at radius 2 is 1.48 bits per heavy atom. The van der Waals surface area contributed by atoms with Crippen LogP contribution in [0.2, 0.25) is 0 Å². The van der Waals surface area contributed by atoms with Gasteiger partial charge in [0, 0.05) is 38.1 Å². The number of nitrogens with two attached hydrogens (primary N) is 1. The van der Waals surface area contributed by atoms with E-state index in [0.29, 0.717) is 39.1 Å². The van der Waals surface area contributed by atoms with E-state index in [1.165, 1.54) is 0 Å². The minimum atomic E-state index is -0.283. The molecule has 0 atom stereocenters. The lowest BCUT2D eigenvalue weighted by Gasteiger charge is -2.36. The SMILES string of the molecule is CN(C)CC(=O)N1CCN(C(=O)CC2(N)CCCC2)CC1. The van der Waals surface area contributed by atoms with Crippen molar-refractivity contribution in [2.24, 2.45) is 5.73 Å². The summed E-state index contributed by atoms with van der Waals surface area (Å²) >= 11 is 0. The standard InChI is InChI=1S/C15H28N4O2/c1-17(2)12-14(21)19-9-7-18(8-10-19)13(20)11-15(16)5-3-4-6-15/h3-12,16H2,1-2H3. The van der Waals surface area contributed by atoms with Gasteiger partial charge in [0.1, 0.15) is 0 Å². The van der Waals surface area contributed by atoms with Crippen LogP contribution in [0.4, 0.5) is 0 Å². The molecule has 21 heavy (non-hydrogen) atoms. The Labute approximate surface area is 127 Å².